The molecule has 1 aromatic carbocycles. The smallest absolute Gasteiger partial charge is 0.408 e. The Kier molecular flexibility index (Phi) is 19.5. The Labute approximate surface area is 374 Å². The number of rotatable bonds is 26. The summed E-state index contributed by atoms with van der Waals surface area (Å²) in [6.07, 6.45) is 8.17. The number of nitrogens with one attached hydrogen (secondary N) is 6. The quantitative estimate of drug-likeness (QED) is 0.0279. The first-order valence-electron chi connectivity index (χ1n) is 22.4. The van der Waals surface area contributed by atoms with Gasteiger partial charge in [0.2, 0.25) is 5.91 Å². The number of imide groups is 1. The highest BCUT2D eigenvalue weighted by atomic mass is 32.2. The van der Waals surface area contributed by atoms with Crippen LogP contribution in [0.4, 0.5) is 9.59 Å². The van der Waals surface area contributed by atoms with Crippen LogP contribution >= 0.6 is 11.8 Å². The van der Waals surface area contributed by atoms with E-state index in [0.717, 1.165) is 56.1 Å². The van der Waals surface area contributed by atoms with E-state index >= 15 is 0 Å². The lowest BCUT2D eigenvalue weighted by atomic mass is 9.84. The Hall–Kier alpha value is -4.91. The van der Waals surface area contributed by atoms with Crippen molar-refractivity contribution in [3.63, 3.8) is 0 Å². The molecule has 1 aromatic rings. The number of benzene rings is 1. The zero-order chi connectivity index (χ0) is 46.2. The van der Waals surface area contributed by atoms with E-state index in [-0.39, 0.29) is 61.5 Å². The summed E-state index contributed by atoms with van der Waals surface area (Å²) in [6.45, 7) is 9.95. The van der Waals surface area contributed by atoms with Crippen molar-refractivity contribution < 1.29 is 53.0 Å². The monoisotopic (exact) mass is 901 g/mol. The number of nitrogens with zero attached hydrogens (tertiary/aromatic N) is 1. The average molecular weight is 902 g/mol. The molecular formula is C44H67N7O11S. The predicted octanol–water partition coefficient (Wildman–Crippen LogP) is 5.03. The fraction of sp³-hybridized carbons (Fsp3) is 0.682. The van der Waals surface area contributed by atoms with Gasteiger partial charge in [0.25, 0.3) is 17.7 Å². The van der Waals surface area contributed by atoms with Gasteiger partial charge in [-0.2, -0.15) is 0 Å². The van der Waals surface area contributed by atoms with Crippen LogP contribution < -0.4 is 32.1 Å². The minimum atomic E-state index is -1.19. The highest BCUT2D eigenvalue weighted by Crippen LogP contribution is 2.44. The molecule has 0 unspecified atom stereocenters. The molecule has 3 heterocycles. The van der Waals surface area contributed by atoms with Gasteiger partial charge in [0.1, 0.15) is 16.4 Å². The Morgan fingerprint density at radius 1 is 0.921 bits per heavy atom. The minimum Gasteiger partial charge on any atom is -0.481 e. The number of carboxylic acid groups (broad SMARTS) is 1. The topological polar surface area (TPSA) is 251 Å². The van der Waals surface area contributed by atoms with E-state index in [2.05, 4.69) is 45.1 Å². The number of alkyl carbamates (subject to hydrolysis) is 1. The van der Waals surface area contributed by atoms with Gasteiger partial charge in [0.05, 0.1) is 12.1 Å². The molecule has 0 aliphatic carbocycles. The molecule has 5 atom stereocenters. The zero-order valence-corrected chi connectivity index (χ0v) is 38.2. The number of ether oxygens (including phenoxy) is 1. The summed E-state index contributed by atoms with van der Waals surface area (Å²) in [4.78, 5) is 105. The standard InChI is InChI=1S/C44H67N7O11S/c1-6-7-8-16-29(17-10-13-25-45-40(58)44(24-12-9-21-36(54)55)37-33(27-63-44)47-41(59)49-37)30-18-15-19-31(28(30)2)38(56)50-46-26-14-11-20-32(48-42(60)61-43(3,4)5)39(57)62-51-34(52)22-23-35(51)53/h15,18-19,29,32-33,37,46H,6-14,16-17,20-27H2,1-5H3,(H,45,58)(H,48,60)(H,50,56)(H,54,55)(H2,47,49,59)/t29-,32-,33-,37-,44-/m0/s1. The number of amides is 7. The number of urea groups is 1. The van der Waals surface area contributed by atoms with Gasteiger partial charge in [-0.15, -0.1) is 16.8 Å². The Bertz CT molecular complexity index is 1790. The van der Waals surface area contributed by atoms with E-state index in [9.17, 15) is 38.4 Å². The van der Waals surface area contributed by atoms with Gasteiger partial charge in [0.15, 0.2) is 0 Å². The van der Waals surface area contributed by atoms with Gasteiger partial charge in [-0.05, 0) is 102 Å². The third-order valence-corrected chi connectivity index (χ3v) is 13.2. The molecule has 7 amide bonds. The lowest BCUT2D eigenvalue weighted by Gasteiger charge is -2.32. The first-order valence-corrected chi connectivity index (χ1v) is 23.3. The summed E-state index contributed by atoms with van der Waals surface area (Å²) in [5.74, 6) is -2.72. The molecule has 0 spiro atoms. The van der Waals surface area contributed by atoms with Crippen LogP contribution in [0.3, 0.4) is 0 Å². The molecular weight excluding hydrogens is 835 g/mol. The average Bonchev–Trinajstić information content (AvgIpc) is 3.87. The molecule has 19 heteroatoms. The van der Waals surface area contributed by atoms with Crippen molar-refractivity contribution in [1.82, 2.24) is 37.2 Å². The summed E-state index contributed by atoms with van der Waals surface area (Å²) in [6, 6.07) is 3.76. The predicted molar refractivity (Wildman–Crippen MR) is 235 cm³/mol. The Morgan fingerprint density at radius 2 is 1.60 bits per heavy atom. The van der Waals surface area contributed by atoms with Gasteiger partial charge in [-0.1, -0.05) is 51.2 Å². The van der Waals surface area contributed by atoms with Crippen LogP contribution in [0.5, 0.6) is 0 Å². The highest BCUT2D eigenvalue weighted by Gasteiger charge is 2.57. The second-order valence-electron chi connectivity index (χ2n) is 17.5. The second kappa shape index (κ2) is 24.2. The van der Waals surface area contributed by atoms with E-state index in [4.69, 9.17) is 14.7 Å². The summed E-state index contributed by atoms with van der Waals surface area (Å²) in [5, 5.41) is 21.0. The molecule has 63 heavy (non-hydrogen) atoms. The molecule has 3 saturated heterocycles. The molecule has 4 rings (SSSR count). The zero-order valence-electron chi connectivity index (χ0n) is 37.4. The first kappa shape index (κ1) is 50.7. The van der Waals surface area contributed by atoms with Crippen molar-refractivity contribution in [3.8, 4) is 0 Å². The lowest BCUT2D eigenvalue weighted by molar-refractivity contribution is -0.199. The number of hydroxylamine groups is 2. The maximum atomic E-state index is 13.8. The first-order chi connectivity index (χ1) is 30.0. The molecule has 3 aliphatic heterocycles. The van der Waals surface area contributed by atoms with Crippen molar-refractivity contribution in [2.75, 3.05) is 18.8 Å². The van der Waals surface area contributed by atoms with E-state index < -0.39 is 46.2 Å². The summed E-state index contributed by atoms with van der Waals surface area (Å²) >= 11 is 1.53. The molecule has 0 bridgehead atoms. The number of hydrogen-bond donors (Lipinski definition) is 7. The molecule has 350 valence electrons. The summed E-state index contributed by atoms with van der Waals surface area (Å²) in [7, 11) is 0. The van der Waals surface area contributed by atoms with E-state index in [0.29, 0.717) is 61.6 Å². The van der Waals surface area contributed by atoms with Crippen LogP contribution in [-0.2, 0) is 33.5 Å². The van der Waals surface area contributed by atoms with E-state index in [1.807, 2.05) is 13.0 Å². The second-order valence-corrected chi connectivity index (χ2v) is 18.9. The van der Waals surface area contributed by atoms with Gasteiger partial charge < -0.3 is 35.9 Å². The highest BCUT2D eigenvalue weighted by molar-refractivity contribution is 8.01. The van der Waals surface area contributed by atoms with E-state index in [1.54, 1.807) is 26.8 Å². The van der Waals surface area contributed by atoms with Crippen molar-refractivity contribution in [3.05, 3.63) is 34.9 Å². The van der Waals surface area contributed by atoms with Crippen molar-refractivity contribution in [1.29, 1.82) is 0 Å². The molecule has 18 nitrogen and oxygen atoms in total. The maximum absolute atomic E-state index is 13.8. The molecule has 3 aliphatic rings. The summed E-state index contributed by atoms with van der Waals surface area (Å²) < 4.78 is 4.42. The van der Waals surface area contributed by atoms with Crippen LogP contribution in [-0.4, -0.2) is 105 Å². The maximum Gasteiger partial charge on any atom is 0.408 e. The SMILES string of the molecule is CCCCC[C@@H](CCCCNC(=O)[C@@]1(CCCCC(=O)O)SC[C@@H]2NC(=O)N[C@@H]21)c1cccc(C(=O)NNCCCC[C@H](NC(=O)OC(C)(C)C)C(=O)ON2C(=O)CCC2=O)c1C. The largest absolute Gasteiger partial charge is 0.481 e. The lowest BCUT2D eigenvalue weighted by Crippen LogP contribution is -2.56. The minimum absolute atomic E-state index is 0.0320. The number of unbranched alkanes of at least 4 members (excludes halogenated alkanes) is 5. The van der Waals surface area contributed by atoms with E-state index in [1.165, 1.54) is 11.8 Å². The van der Waals surface area contributed by atoms with Gasteiger partial charge in [0, 0.05) is 43.7 Å². The molecule has 3 fully saturated rings. The van der Waals surface area contributed by atoms with Crippen molar-refractivity contribution in [2.24, 2.45) is 0 Å². The van der Waals surface area contributed by atoms with Crippen molar-refractivity contribution in [2.45, 2.75) is 172 Å². The fourth-order valence-corrected chi connectivity index (χ4v) is 9.89. The molecule has 0 aromatic heterocycles. The number of aliphatic carboxylic acids is 1. The third kappa shape index (κ3) is 15.1. The third-order valence-electron chi connectivity index (χ3n) is 11.5. The number of fused-ring (bicyclic) bond motifs is 1. The van der Waals surface area contributed by atoms with Gasteiger partial charge in [-0.25, -0.2) is 19.8 Å². The molecule has 0 saturated carbocycles. The number of hydrogen-bond acceptors (Lipinski definition) is 12. The van der Waals surface area contributed by atoms with Crippen molar-refractivity contribution >= 4 is 59.5 Å². The van der Waals surface area contributed by atoms with Crippen LogP contribution in [0.25, 0.3) is 0 Å². The van der Waals surface area contributed by atoms with Crippen LogP contribution in [0.15, 0.2) is 18.2 Å². The number of carbonyl (C=O) groups excluding carboxylic acids is 7. The van der Waals surface area contributed by atoms with Crippen LogP contribution in [0, 0.1) is 6.92 Å². The molecule has 0 radical (unpaired) electrons. The van der Waals surface area contributed by atoms with Gasteiger partial charge >= 0.3 is 24.1 Å². The Morgan fingerprint density at radius 3 is 2.29 bits per heavy atom. The van der Waals surface area contributed by atoms with Gasteiger partial charge in [-0.3, -0.25) is 29.4 Å². The molecule has 7 N–H and O–H groups in total. The number of hydrazine groups is 1. The number of carbonyl (C=O) groups is 8. The Balaban J connectivity index is 1.28. The van der Waals surface area contributed by atoms with Crippen LogP contribution in [0.1, 0.15) is 158 Å². The normalized spacial score (nSPS) is 20.3. The number of carboxylic acids is 1. The summed E-state index contributed by atoms with van der Waals surface area (Å²) in [5.41, 5.74) is 7.43. The number of thioether (sulfide) groups is 1. The fourth-order valence-electron chi connectivity index (χ4n) is 8.24. The van der Waals surface area contributed by atoms with Crippen LogP contribution in [0.2, 0.25) is 0 Å².